The lowest BCUT2D eigenvalue weighted by Crippen LogP contribution is -2.50. The maximum Gasteiger partial charge on any atom is 0.335 e. The number of amides is 1. The summed E-state index contributed by atoms with van der Waals surface area (Å²) in [6.07, 6.45) is -0.293. The highest BCUT2D eigenvalue weighted by Crippen LogP contribution is 2.37. The van der Waals surface area contributed by atoms with Crippen molar-refractivity contribution in [1.82, 2.24) is 4.90 Å². The summed E-state index contributed by atoms with van der Waals surface area (Å²) in [5.41, 5.74) is -2.45. The Morgan fingerprint density at radius 1 is 1.16 bits per heavy atom. The molecule has 2 aliphatic heterocycles. The van der Waals surface area contributed by atoms with Crippen molar-refractivity contribution in [3.05, 3.63) is 27.8 Å². The summed E-state index contributed by atoms with van der Waals surface area (Å²) >= 11 is 0. The number of aliphatic hydroxyl groups is 1. The van der Waals surface area contributed by atoms with Crippen molar-refractivity contribution < 1.29 is 34.2 Å². The van der Waals surface area contributed by atoms with E-state index in [0.29, 0.717) is 0 Å². The molecular weight excluding hydrogens is 336 g/mol. The van der Waals surface area contributed by atoms with E-state index in [1.165, 1.54) is 11.0 Å². The normalized spacial score (nSPS) is 18.5. The zero-order valence-electron chi connectivity index (χ0n) is 13.1. The Kier molecular flexibility index (Phi) is 4.21. The first-order chi connectivity index (χ1) is 11.8. The molecule has 0 spiro atoms. The molecule has 1 aromatic carbocycles. The number of nitrogens with zero attached hydrogens (tertiary/aromatic N) is 2. The lowest BCUT2D eigenvalue weighted by molar-refractivity contribution is -0.385. The maximum atomic E-state index is 12.7. The number of nitro groups is 1. The molecule has 1 amide bonds. The Hall–Kier alpha value is -2.88. The van der Waals surface area contributed by atoms with Gasteiger partial charge in [-0.2, -0.15) is 0 Å². The van der Waals surface area contributed by atoms with Gasteiger partial charge in [-0.05, 0) is 0 Å². The van der Waals surface area contributed by atoms with Crippen LogP contribution in [0.2, 0.25) is 0 Å². The van der Waals surface area contributed by atoms with Gasteiger partial charge in [0.2, 0.25) is 0 Å². The molecule has 1 saturated heterocycles. The second kappa shape index (κ2) is 6.20. The van der Waals surface area contributed by atoms with E-state index in [0.717, 1.165) is 6.07 Å². The molecule has 0 unspecified atom stereocenters. The van der Waals surface area contributed by atoms with Crippen LogP contribution in [-0.4, -0.2) is 63.8 Å². The van der Waals surface area contributed by atoms with Crippen LogP contribution in [0.1, 0.15) is 23.2 Å². The zero-order chi connectivity index (χ0) is 18.2. The summed E-state index contributed by atoms with van der Waals surface area (Å²) in [6.45, 7) is 0.492. The van der Waals surface area contributed by atoms with Crippen LogP contribution in [0.3, 0.4) is 0 Å². The maximum absolute atomic E-state index is 12.7. The van der Waals surface area contributed by atoms with E-state index in [4.69, 9.17) is 14.6 Å². The number of ether oxygens (including phenoxy) is 2. The van der Waals surface area contributed by atoms with Crippen LogP contribution >= 0.6 is 0 Å². The minimum absolute atomic E-state index is 0.0206. The quantitative estimate of drug-likeness (QED) is 0.589. The van der Waals surface area contributed by atoms with Gasteiger partial charge in [-0.25, -0.2) is 4.79 Å². The molecule has 3 rings (SSSR count). The smallest absolute Gasteiger partial charge is 0.335 e. The van der Waals surface area contributed by atoms with Crippen LogP contribution in [0.15, 0.2) is 12.1 Å². The molecule has 0 atom stereocenters. The van der Waals surface area contributed by atoms with Crippen molar-refractivity contribution in [3.63, 3.8) is 0 Å². The molecule has 2 heterocycles. The molecule has 2 N–H and O–H groups in total. The molecular formula is C15H16N2O8. The van der Waals surface area contributed by atoms with Crippen LogP contribution in [0, 0.1) is 10.1 Å². The third-order valence-corrected chi connectivity index (χ3v) is 4.36. The fraction of sp³-hybridized carbons (Fsp3) is 0.467. The van der Waals surface area contributed by atoms with Gasteiger partial charge in [-0.3, -0.25) is 14.9 Å². The average Bonchev–Trinajstić information content (AvgIpc) is 2.60. The van der Waals surface area contributed by atoms with E-state index >= 15 is 0 Å². The second-order valence-electron chi connectivity index (χ2n) is 5.90. The third-order valence-electron chi connectivity index (χ3n) is 4.36. The Bertz CT molecular complexity index is 739. The molecule has 1 fully saturated rings. The highest BCUT2D eigenvalue weighted by molar-refractivity contribution is 5.99. The summed E-state index contributed by atoms with van der Waals surface area (Å²) in [5.74, 6) is -1.51. The number of carbonyl (C=O) groups is 2. The summed E-state index contributed by atoms with van der Waals surface area (Å²) in [4.78, 5) is 35.7. The first kappa shape index (κ1) is 17.0. The molecule has 0 saturated carbocycles. The van der Waals surface area contributed by atoms with E-state index in [2.05, 4.69) is 0 Å². The van der Waals surface area contributed by atoms with E-state index in [1.54, 1.807) is 0 Å². The van der Waals surface area contributed by atoms with Crippen LogP contribution in [0.25, 0.3) is 0 Å². The van der Waals surface area contributed by atoms with Gasteiger partial charge in [0.1, 0.15) is 18.8 Å². The van der Waals surface area contributed by atoms with Crippen molar-refractivity contribution in [2.45, 2.75) is 18.4 Å². The van der Waals surface area contributed by atoms with Crippen LogP contribution < -0.4 is 9.47 Å². The van der Waals surface area contributed by atoms with Gasteiger partial charge >= 0.3 is 5.97 Å². The van der Waals surface area contributed by atoms with Crippen LogP contribution in [0.5, 0.6) is 11.5 Å². The first-order valence-corrected chi connectivity index (χ1v) is 7.65. The largest absolute Gasteiger partial charge is 0.486 e. The van der Waals surface area contributed by atoms with Crippen molar-refractivity contribution >= 4 is 17.6 Å². The summed E-state index contributed by atoms with van der Waals surface area (Å²) in [7, 11) is 0. The van der Waals surface area contributed by atoms with Crippen molar-refractivity contribution in [3.8, 4) is 11.5 Å². The minimum atomic E-state index is -1.88. The number of hydrogen-bond acceptors (Lipinski definition) is 7. The van der Waals surface area contributed by atoms with Crippen molar-refractivity contribution in [2.75, 3.05) is 26.3 Å². The molecule has 1 aromatic rings. The Balaban J connectivity index is 1.87. The standard InChI is InChI=1S/C15H16N2O8/c18-13(16-3-1-15(21,2-4-16)14(19)20)9-7-11-12(25-6-5-24-11)8-10(9)17(22)23/h7-8,21H,1-6H2,(H,19,20). The predicted molar refractivity (Wildman–Crippen MR) is 81.8 cm³/mol. The number of carbonyl (C=O) groups excluding carboxylic acids is 1. The molecule has 0 aliphatic carbocycles. The second-order valence-corrected chi connectivity index (χ2v) is 5.90. The highest BCUT2D eigenvalue weighted by Gasteiger charge is 2.41. The fourth-order valence-electron chi connectivity index (χ4n) is 2.86. The van der Waals surface area contributed by atoms with Gasteiger partial charge in [0.25, 0.3) is 11.6 Å². The molecule has 2 aliphatic rings. The summed E-state index contributed by atoms with van der Waals surface area (Å²) in [6, 6.07) is 2.42. The predicted octanol–water partition coefficient (Wildman–Crippen LogP) is 0.418. The monoisotopic (exact) mass is 352 g/mol. The van der Waals surface area contributed by atoms with E-state index in [9.17, 15) is 24.8 Å². The number of aliphatic carboxylic acids is 1. The van der Waals surface area contributed by atoms with Crippen molar-refractivity contribution in [2.24, 2.45) is 0 Å². The van der Waals surface area contributed by atoms with E-state index < -0.39 is 28.1 Å². The molecule has 134 valence electrons. The van der Waals surface area contributed by atoms with Crippen LogP contribution in [0.4, 0.5) is 5.69 Å². The third kappa shape index (κ3) is 3.07. The minimum Gasteiger partial charge on any atom is -0.486 e. The Morgan fingerprint density at radius 3 is 2.24 bits per heavy atom. The number of piperidine rings is 1. The Morgan fingerprint density at radius 2 is 1.72 bits per heavy atom. The molecule has 25 heavy (non-hydrogen) atoms. The topological polar surface area (TPSA) is 139 Å². The number of likely N-dealkylation sites (tertiary alicyclic amines) is 1. The van der Waals surface area contributed by atoms with Gasteiger partial charge in [-0.1, -0.05) is 0 Å². The average molecular weight is 352 g/mol. The number of rotatable bonds is 3. The number of benzene rings is 1. The summed E-state index contributed by atoms with van der Waals surface area (Å²) < 4.78 is 10.7. The van der Waals surface area contributed by atoms with Crippen LogP contribution in [-0.2, 0) is 4.79 Å². The SMILES string of the molecule is O=C(c1cc2c(cc1[N+](=O)[O-])OCCO2)N1CCC(O)(C(=O)O)CC1. The zero-order valence-corrected chi connectivity index (χ0v) is 13.1. The lowest BCUT2D eigenvalue weighted by Gasteiger charge is -2.35. The highest BCUT2D eigenvalue weighted by atomic mass is 16.6. The molecule has 0 aromatic heterocycles. The van der Waals surface area contributed by atoms with Gasteiger partial charge in [0.15, 0.2) is 17.1 Å². The van der Waals surface area contributed by atoms with E-state index in [1.807, 2.05) is 0 Å². The Labute approximate surface area is 141 Å². The number of carboxylic acids is 1. The van der Waals surface area contributed by atoms with E-state index in [-0.39, 0.29) is 56.2 Å². The molecule has 0 bridgehead atoms. The van der Waals surface area contributed by atoms with Gasteiger partial charge in [-0.15, -0.1) is 0 Å². The van der Waals surface area contributed by atoms with Gasteiger partial charge in [0, 0.05) is 32.0 Å². The lowest BCUT2D eigenvalue weighted by atomic mass is 9.91. The molecule has 10 heteroatoms. The number of nitro benzene ring substituents is 1. The number of carboxylic acid groups (broad SMARTS) is 1. The summed E-state index contributed by atoms with van der Waals surface area (Å²) in [5, 5.41) is 30.3. The number of hydrogen-bond donors (Lipinski definition) is 2. The number of fused-ring (bicyclic) bond motifs is 1. The van der Waals surface area contributed by atoms with Gasteiger partial charge in [0.05, 0.1) is 11.0 Å². The fourth-order valence-corrected chi connectivity index (χ4v) is 2.86. The first-order valence-electron chi connectivity index (χ1n) is 7.65. The molecule has 10 nitrogen and oxygen atoms in total. The van der Waals surface area contributed by atoms with Gasteiger partial charge < -0.3 is 24.6 Å². The van der Waals surface area contributed by atoms with Crippen molar-refractivity contribution in [1.29, 1.82) is 0 Å². The molecule has 0 radical (unpaired) electrons.